The maximum atomic E-state index is 13.4. The number of nitrogens with zero attached hydrogens (tertiary/aromatic N) is 5. The number of aryl methyl sites for hydroxylation is 1. The van der Waals surface area contributed by atoms with Crippen molar-refractivity contribution in [1.29, 1.82) is 0 Å². The van der Waals surface area contributed by atoms with Gasteiger partial charge in [0.2, 0.25) is 0 Å². The lowest BCUT2D eigenvalue weighted by atomic mass is 9.88. The summed E-state index contributed by atoms with van der Waals surface area (Å²) in [5.74, 6) is 0.625. The van der Waals surface area contributed by atoms with E-state index in [1.807, 2.05) is 18.0 Å². The smallest absolute Gasteiger partial charge is 0.395 e. The Labute approximate surface area is 249 Å². The number of hydrogen-bond acceptors (Lipinski definition) is 7. The molecule has 0 saturated carbocycles. The van der Waals surface area contributed by atoms with Gasteiger partial charge < -0.3 is 14.4 Å². The molecule has 0 bridgehead atoms. The first kappa shape index (κ1) is 27.9. The van der Waals surface area contributed by atoms with Gasteiger partial charge in [-0.1, -0.05) is 24.3 Å². The van der Waals surface area contributed by atoms with Gasteiger partial charge in [-0.15, -0.1) is 8.78 Å². The number of likely N-dealkylation sites (tertiary alicyclic amines) is 1. The number of rotatable bonds is 6. The molecule has 2 saturated heterocycles. The molecule has 224 valence electrons. The Balaban J connectivity index is 0.894. The van der Waals surface area contributed by atoms with Gasteiger partial charge in [0.15, 0.2) is 11.5 Å². The molecule has 0 atom stereocenters. The number of aromatic nitrogens is 1. The van der Waals surface area contributed by atoms with Crippen LogP contribution < -0.4 is 9.47 Å². The van der Waals surface area contributed by atoms with Crippen molar-refractivity contribution >= 4 is 17.3 Å². The van der Waals surface area contributed by atoms with Crippen LogP contribution in [-0.2, 0) is 24.3 Å². The van der Waals surface area contributed by atoms with Gasteiger partial charge >= 0.3 is 6.29 Å². The predicted octanol–water partition coefficient (Wildman–Crippen LogP) is 5.06. The third kappa shape index (κ3) is 6.12. The molecule has 7 rings (SSSR count). The summed E-state index contributed by atoms with van der Waals surface area (Å²) in [7, 11) is 0. The van der Waals surface area contributed by atoms with Gasteiger partial charge in [-0.05, 0) is 85.3 Å². The molecule has 4 aliphatic heterocycles. The fourth-order valence-electron chi connectivity index (χ4n) is 6.51. The normalized spacial score (nSPS) is 20.3. The van der Waals surface area contributed by atoms with Crippen LogP contribution in [0.3, 0.4) is 0 Å². The van der Waals surface area contributed by atoms with E-state index in [-0.39, 0.29) is 17.4 Å². The topological polar surface area (TPSA) is 70.5 Å². The second-order valence-electron chi connectivity index (χ2n) is 12.0. The van der Waals surface area contributed by atoms with Crippen LogP contribution in [0.5, 0.6) is 11.5 Å². The molecule has 8 nitrogen and oxygen atoms in total. The van der Waals surface area contributed by atoms with Gasteiger partial charge in [0.1, 0.15) is 5.71 Å². The SMILES string of the molecule is Cc1ccc(CN2CCC(c3ccc4c(c3)CC(C(=O)N3CCN(Cc5ccc6c(c5)OC(F)(F)O6)CC3)=N4)CC2)cn1. The number of halogens is 2. The van der Waals surface area contributed by atoms with Crippen molar-refractivity contribution < 1.29 is 23.0 Å². The molecule has 0 aliphatic carbocycles. The first-order chi connectivity index (χ1) is 20.8. The summed E-state index contributed by atoms with van der Waals surface area (Å²) in [6, 6.07) is 15.7. The summed E-state index contributed by atoms with van der Waals surface area (Å²) in [4.78, 5) is 29.1. The predicted molar refractivity (Wildman–Crippen MR) is 158 cm³/mol. The molecule has 1 amide bonds. The Bertz CT molecular complexity index is 1540. The minimum absolute atomic E-state index is 0.00150. The lowest BCUT2D eigenvalue weighted by Gasteiger charge is -2.34. The number of carbonyl (C=O) groups is 1. The van der Waals surface area contributed by atoms with Crippen molar-refractivity contribution in [2.45, 2.75) is 51.5 Å². The molecule has 3 aromatic rings. The van der Waals surface area contributed by atoms with Crippen molar-refractivity contribution in [3.63, 3.8) is 0 Å². The fourth-order valence-corrected chi connectivity index (χ4v) is 6.51. The highest BCUT2D eigenvalue weighted by Gasteiger charge is 2.43. The summed E-state index contributed by atoms with van der Waals surface area (Å²) in [5, 5.41) is 0. The number of piperidine rings is 1. The van der Waals surface area contributed by atoms with Crippen molar-refractivity contribution in [2.24, 2.45) is 4.99 Å². The molecule has 0 spiro atoms. The van der Waals surface area contributed by atoms with E-state index in [1.165, 1.54) is 17.2 Å². The zero-order valence-corrected chi connectivity index (χ0v) is 24.3. The number of benzene rings is 2. The zero-order valence-electron chi connectivity index (χ0n) is 24.3. The summed E-state index contributed by atoms with van der Waals surface area (Å²) in [6.07, 6.45) is 1.18. The van der Waals surface area contributed by atoms with Crippen LogP contribution in [0, 0.1) is 6.92 Å². The number of amides is 1. The quantitative estimate of drug-likeness (QED) is 0.402. The summed E-state index contributed by atoms with van der Waals surface area (Å²) in [5.41, 5.74) is 7.17. The van der Waals surface area contributed by atoms with Crippen molar-refractivity contribution in [3.05, 3.63) is 82.7 Å². The third-order valence-corrected chi connectivity index (χ3v) is 8.93. The van der Waals surface area contributed by atoms with Crippen LogP contribution in [0.4, 0.5) is 14.5 Å². The first-order valence-corrected chi connectivity index (χ1v) is 15.0. The fraction of sp³-hybridized carbons (Fsp3) is 0.424. The summed E-state index contributed by atoms with van der Waals surface area (Å²) < 4.78 is 35.8. The van der Waals surface area contributed by atoms with E-state index >= 15 is 0 Å². The number of pyridine rings is 1. The van der Waals surface area contributed by atoms with E-state index < -0.39 is 6.29 Å². The lowest BCUT2D eigenvalue weighted by molar-refractivity contribution is -0.286. The molecule has 2 aromatic carbocycles. The lowest BCUT2D eigenvalue weighted by Crippen LogP contribution is -2.50. The van der Waals surface area contributed by atoms with Gasteiger partial charge in [0.25, 0.3) is 5.91 Å². The van der Waals surface area contributed by atoms with E-state index in [4.69, 9.17) is 4.99 Å². The number of piperazine rings is 1. The molecule has 4 aliphatic rings. The number of aliphatic imine (C=N–C) groups is 1. The average molecular weight is 588 g/mol. The Kier molecular flexibility index (Phi) is 7.34. The molecule has 43 heavy (non-hydrogen) atoms. The van der Waals surface area contributed by atoms with Gasteiger partial charge in [0.05, 0.1) is 5.69 Å². The Morgan fingerprint density at radius 1 is 0.884 bits per heavy atom. The molecule has 10 heteroatoms. The van der Waals surface area contributed by atoms with E-state index in [0.29, 0.717) is 50.8 Å². The maximum absolute atomic E-state index is 13.4. The Morgan fingerprint density at radius 3 is 2.37 bits per heavy atom. The molecule has 5 heterocycles. The van der Waals surface area contributed by atoms with Crippen LogP contribution in [0.25, 0.3) is 0 Å². The van der Waals surface area contributed by atoms with E-state index in [0.717, 1.165) is 55.0 Å². The zero-order chi connectivity index (χ0) is 29.6. The highest BCUT2D eigenvalue weighted by atomic mass is 19.3. The minimum Gasteiger partial charge on any atom is -0.395 e. The molecule has 0 radical (unpaired) electrons. The van der Waals surface area contributed by atoms with Crippen LogP contribution in [0.1, 0.15) is 46.7 Å². The first-order valence-electron chi connectivity index (χ1n) is 15.0. The second kappa shape index (κ2) is 11.3. The third-order valence-electron chi connectivity index (χ3n) is 8.93. The second-order valence-corrected chi connectivity index (χ2v) is 12.0. The molecule has 0 unspecified atom stereocenters. The van der Waals surface area contributed by atoms with Crippen molar-refractivity contribution in [2.75, 3.05) is 39.3 Å². The van der Waals surface area contributed by atoms with E-state index in [9.17, 15) is 13.6 Å². The number of ether oxygens (including phenoxy) is 2. The summed E-state index contributed by atoms with van der Waals surface area (Å²) in [6.45, 7) is 8.25. The van der Waals surface area contributed by atoms with Crippen LogP contribution in [0.15, 0.2) is 59.7 Å². The van der Waals surface area contributed by atoms with Crippen LogP contribution in [0.2, 0.25) is 0 Å². The van der Waals surface area contributed by atoms with Gasteiger partial charge in [-0.3, -0.25) is 19.6 Å². The van der Waals surface area contributed by atoms with Crippen molar-refractivity contribution in [1.82, 2.24) is 19.7 Å². The van der Waals surface area contributed by atoms with Crippen molar-refractivity contribution in [3.8, 4) is 11.5 Å². The number of carbonyl (C=O) groups excluding carboxylic acids is 1. The Hall–Kier alpha value is -3.89. The number of fused-ring (bicyclic) bond motifs is 2. The molecular weight excluding hydrogens is 552 g/mol. The largest absolute Gasteiger partial charge is 0.586 e. The summed E-state index contributed by atoms with van der Waals surface area (Å²) >= 11 is 0. The van der Waals surface area contributed by atoms with Gasteiger partial charge in [0, 0.05) is 57.6 Å². The molecule has 1 aromatic heterocycles. The molecule has 0 N–H and O–H groups in total. The van der Waals surface area contributed by atoms with Crippen LogP contribution >= 0.6 is 0 Å². The van der Waals surface area contributed by atoms with Gasteiger partial charge in [-0.2, -0.15) is 0 Å². The monoisotopic (exact) mass is 587 g/mol. The highest BCUT2D eigenvalue weighted by molar-refractivity contribution is 6.40. The average Bonchev–Trinajstić information content (AvgIpc) is 3.57. The standard InChI is InChI=1S/C33H35F2N5O3/c1-22-2-3-24(19-36-22)21-38-10-8-25(9-11-38)26-5-6-28-27(17-26)18-29(37-28)32(41)40-14-12-39(13-15-40)20-23-4-7-30-31(16-23)43-33(34,35)42-30/h2-7,16-17,19,25H,8-15,18,20-21H2,1H3. The minimum atomic E-state index is -3.62. The number of hydrogen-bond donors (Lipinski definition) is 0. The van der Waals surface area contributed by atoms with E-state index in [2.05, 4.69) is 54.6 Å². The van der Waals surface area contributed by atoms with E-state index in [1.54, 1.807) is 12.1 Å². The molecule has 2 fully saturated rings. The molecular formula is C33H35F2N5O3. The van der Waals surface area contributed by atoms with Crippen LogP contribution in [-0.4, -0.2) is 76.9 Å². The highest BCUT2D eigenvalue weighted by Crippen LogP contribution is 2.41. The Morgan fingerprint density at radius 2 is 1.60 bits per heavy atom. The van der Waals surface area contributed by atoms with Gasteiger partial charge in [-0.25, -0.2) is 4.99 Å². The number of alkyl halides is 2. The maximum Gasteiger partial charge on any atom is 0.586 e.